The third-order valence-electron chi connectivity index (χ3n) is 4.92. The van der Waals surface area contributed by atoms with E-state index in [2.05, 4.69) is 0 Å². The molecular formula is C24H18O10S4Zn. The van der Waals surface area contributed by atoms with Crippen LogP contribution in [0.1, 0.15) is 0 Å². The van der Waals surface area contributed by atoms with E-state index in [9.17, 15) is 42.8 Å². The fourth-order valence-corrected chi connectivity index (χ4v) is 8.32. The van der Waals surface area contributed by atoms with Gasteiger partial charge >= 0.3 is 19.5 Å². The normalized spacial score (nSPS) is 11.9. The predicted molar refractivity (Wildman–Crippen MR) is 133 cm³/mol. The minimum absolute atomic E-state index is 0. The first-order valence-corrected chi connectivity index (χ1v) is 16.2. The Hall–Kier alpha value is -2.78. The molecule has 0 aliphatic rings. The first kappa shape index (κ1) is 32.4. The number of hydrogen-bond donors (Lipinski definition) is 0. The Bertz CT molecular complexity index is 1730. The number of rotatable bonds is 6. The maximum Gasteiger partial charge on any atom is 2.00 e. The molecule has 39 heavy (non-hydrogen) atoms. The summed E-state index contributed by atoms with van der Waals surface area (Å²) in [5.74, 6) is 0. The quantitative estimate of drug-likeness (QED) is 0.220. The van der Waals surface area contributed by atoms with Crippen molar-refractivity contribution in [2.45, 2.75) is 29.4 Å². The molecule has 0 bridgehead atoms. The number of benzene rings is 4. The zero-order chi connectivity index (χ0) is 28.2. The van der Waals surface area contributed by atoms with Crippen LogP contribution in [0.15, 0.2) is 139 Å². The molecule has 0 fully saturated rings. The average Bonchev–Trinajstić information content (AvgIpc) is 2.89. The van der Waals surface area contributed by atoms with Crippen LogP contribution in [0.2, 0.25) is 0 Å². The van der Waals surface area contributed by atoms with Gasteiger partial charge in [0.1, 0.15) is 20.2 Å². The second kappa shape index (κ2) is 12.6. The summed E-state index contributed by atoms with van der Waals surface area (Å²) in [4.78, 5) is -2.61. The van der Waals surface area contributed by atoms with Crippen LogP contribution >= 0.6 is 0 Å². The topological polar surface area (TPSA) is 183 Å². The Morgan fingerprint density at radius 1 is 0.359 bits per heavy atom. The number of hydrogen-bond acceptors (Lipinski definition) is 10. The second-order valence-corrected chi connectivity index (χ2v) is 14.0. The predicted octanol–water partition coefficient (Wildman–Crippen LogP) is 2.84. The van der Waals surface area contributed by atoms with E-state index < -0.39 is 59.5 Å². The van der Waals surface area contributed by atoms with E-state index in [0.29, 0.717) is 0 Å². The van der Waals surface area contributed by atoms with Crippen LogP contribution in [-0.2, 0) is 59.4 Å². The van der Waals surface area contributed by atoms with Gasteiger partial charge in [-0.25, -0.2) is 33.7 Å². The Labute approximate surface area is 239 Å². The van der Waals surface area contributed by atoms with Crippen molar-refractivity contribution in [1.82, 2.24) is 0 Å². The van der Waals surface area contributed by atoms with Crippen molar-refractivity contribution in [3.63, 3.8) is 0 Å². The first-order valence-electron chi connectivity index (χ1n) is 10.4. The van der Waals surface area contributed by atoms with E-state index in [1.165, 1.54) is 72.8 Å². The summed E-state index contributed by atoms with van der Waals surface area (Å²) in [6.45, 7) is 0. The molecule has 0 aromatic heterocycles. The van der Waals surface area contributed by atoms with Crippen molar-refractivity contribution in [2.24, 2.45) is 0 Å². The Morgan fingerprint density at radius 3 is 0.846 bits per heavy atom. The molecule has 200 valence electrons. The monoisotopic (exact) mass is 658 g/mol. The standard InChI is InChI=1S/2C12H10O5S2.Zn/c2*13-18(14,10-6-2-1-3-7-10)11-8-4-5-9-12(11)19(15,16)17;/h2*1-9H,(H,15,16,17);/q;;+2/p-2. The van der Waals surface area contributed by atoms with Crippen molar-refractivity contribution >= 4 is 39.9 Å². The van der Waals surface area contributed by atoms with E-state index in [0.717, 1.165) is 24.3 Å². The van der Waals surface area contributed by atoms with Crippen LogP contribution in [0, 0.1) is 0 Å². The van der Waals surface area contributed by atoms with Crippen molar-refractivity contribution in [1.29, 1.82) is 0 Å². The van der Waals surface area contributed by atoms with E-state index in [1.807, 2.05) is 0 Å². The van der Waals surface area contributed by atoms with Crippen LogP contribution < -0.4 is 0 Å². The second-order valence-electron chi connectivity index (χ2n) is 7.43. The van der Waals surface area contributed by atoms with Gasteiger partial charge in [-0.2, -0.15) is 0 Å². The van der Waals surface area contributed by atoms with Crippen molar-refractivity contribution in [3.05, 3.63) is 109 Å². The summed E-state index contributed by atoms with van der Waals surface area (Å²) in [6.07, 6.45) is 0. The molecule has 0 spiro atoms. The van der Waals surface area contributed by atoms with Crippen molar-refractivity contribution < 1.29 is 62.3 Å². The molecule has 0 atom stereocenters. The Kier molecular flexibility index (Phi) is 10.5. The molecule has 0 saturated heterocycles. The van der Waals surface area contributed by atoms with Gasteiger partial charge in [-0.05, 0) is 48.5 Å². The third kappa shape index (κ3) is 7.66. The molecule has 0 saturated carbocycles. The SMILES string of the molecule is O=S(=O)([O-])c1ccccc1S(=O)(=O)c1ccccc1.O=S(=O)([O-])c1ccccc1S(=O)(=O)c1ccccc1.[Zn+2]. The van der Waals surface area contributed by atoms with Gasteiger partial charge in [-0.15, -0.1) is 0 Å². The molecule has 0 heterocycles. The molecule has 4 aromatic carbocycles. The van der Waals surface area contributed by atoms with Gasteiger partial charge < -0.3 is 9.11 Å². The van der Waals surface area contributed by atoms with Crippen LogP contribution in [0.3, 0.4) is 0 Å². The fourth-order valence-electron chi connectivity index (χ4n) is 3.21. The summed E-state index contributed by atoms with van der Waals surface area (Å²) in [5, 5.41) is 0. The van der Waals surface area contributed by atoms with Crippen molar-refractivity contribution in [3.8, 4) is 0 Å². The first-order chi connectivity index (χ1) is 17.7. The van der Waals surface area contributed by atoms with E-state index in [1.54, 1.807) is 12.1 Å². The molecule has 0 amide bonds. The maximum atomic E-state index is 12.3. The van der Waals surface area contributed by atoms with Crippen LogP contribution in [0.5, 0.6) is 0 Å². The average molecular weight is 660 g/mol. The largest absolute Gasteiger partial charge is 2.00 e. The van der Waals surface area contributed by atoms with Crippen LogP contribution in [0.25, 0.3) is 0 Å². The van der Waals surface area contributed by atoms with Gasteiger partial charge in [0.2, 0.25) is 19.7 Å². The van der Waals surface area contributed by atoms with Gasteiger partial charge in [-0.1, -0.05) is 60.7 Å². The summed E-state index contributed by atoms with van der Waals surface area (Å²) < 4.78 is 116. The van der Waals surface area contributed by atoms with Gasteiger partial charge in [0.25, 0.3) is 0 Å². The maximum absolute atomic E-state index is 12.3. The van der Waals surface area contributed by atoms with Crippen LogP contribution in [0.4, 0.5) is 0 Å². The smallest absolute Gasteiger partial charge is 0.744 e. The summed E-state index contributed by atoms with van der Waals surface area (Å²) in [7, 11) is -17.8. The minimum Gasteiger partial charge on any atom is -0.744 e. The molecule has 0 radical (unpaired) electrons. The van der Waals surface area contributed by atoms with Crippen LogP contribution in [-0.4, -0.2) is 42.8 Å². The Morgan fingerprint density at radius 2 is 0.590 bits per heavy atom. The van der Waals surface area contributed by atoms with E-state index in [-0.39, 0.29) is 29.3 Å². The molecule has 4 rings (SSSR count). The zero-order valence-electron chi connectivity index (χ0n) is 19.8. The fraction of sp³-hybridized carbons (Fsp3) is 0. The summed E-state index contributed by atoms with van der Waals surface area (Å²) in [5.41, 5.74) is 0. The molecule has 15 heteroatoms. The Balaban J connectivity index is 0.000000267. The molecule has 0 unspecified atom stereocenters. The number of sulfone groups is 2. The van der Waals surface area contributed by atoms with E-state index >= 15 is 0 Å². The summed E-state index contributed by atoms with van der Waals surface area (Å²) in [6, 6.07) is 24.2. The van der Waals surface area contributed by atoms with E-state index in [4.69, 9.17) is 0 Å². The third-order valence-corrected chi connectivity index (χ3v) is 10.6. The minimum atomic E-state index is -4.85. The molecule has 0 aliphatic carbocycles. The molecule has 10 nitrogen and oxygen atoms in total. The van der Waals surface area contributed by atoms with Crippen molar-refractivity contribution in [2.75, 3.05) is 0 Å². The van der Waals surface area contributed by atoms with Gasteiger partial charge in [0, 0.05) is 0 Å². The molecule has 0 N–H and O–H groups in total. The molecule has 4 aromatic rings. The van der Waals surface area contributed by atoms with Gasteiger partial charge in [-0.3, -0.25) is 0 Å². The molecule has 0 aliphatic heterocycles. The zero-order valence-corrected chi connectivity index (χ0v) is 26.0. The van der Waals surface area contributed by atoms with Gasteiger partial charge in [0.05, 0.1) is 29.4 Å². The summed E-state index contributed by atoms with van der Waals surface area (Å²) >= 11 is 0. The molecular weight excluding hydrogens is 642 g/mol. The van der Waals surface area contributed by atoms with Gasteiger partial charge in [0.15, 0.2) is 0 Å².